The van der Waals surface area contributed by atoms with Gasteiger partial charge in [-0.25, -0.2) is 0 Å². The van der Waals surface area contributed by atoms with Crippen molar-refractivity contribution in [2.75, 3.05) is 4.90 Å². The maximum atomic E-state index is 2.51. The molecule has 1 nitrogen and oxygen atoms in total. The van der Waals surface area contributed by atoms with E-state index in [4.69, 9.17) is 0 Å². The van der Waals surface area contributed by atoms with Crippen molar-refractivity contribution in [1.29, 1.82) is 0 Å². The summed E-state index contributed by atoms with van der Waals surface area (Å²) < 4.78 is 0. The Morgan fingerprint density at radius 3 is 1.55 bits per heavy atom. The summed E-state index contributed by atoms with van der Waals surface area (Å²) in [5, 5.41) is 0. The normalized spacial score (nSPS) is 15.6. The molecular formula is C50H33N. The van der Waals surface area contributed by atoms with E-state index in [0.717, 1.165) is 0 Å². The second kappa shape index (κ2) is 10.5. The van der Waals surface area contributed by atoms with Gasteiger partial charge in [0.25, 0.3) is 0 Å². The van der Waals surface area contributed by atoms with Crippen LogP contribution >= 0.6 is 0 Å². The van der Waals surface area contributed by atoms with Gasteiger partial charge in [0.15, 0.2) is 0 Å². The molecule has 1 spiro atoms. The fourth-order valence-corrected chi connectivity index (χ4v) is 9.43. The molecular weight excluding hydrogens is 615 g/mol. The van der Waals surface area contributed by atoms with E-state index >= 15 is 0 Å². The third kappa shape index (κ3) is 3.81. The van der Waals surface area contributed by atoms with Gasteiger partial charge in [-0.1, -0.05) is 146 Å². The zero-order valence-corrected chi connectivity index (χ0v) is 28.3. The van der Waals surface area contributed by atoms with Crippen LogP contribution in [-0.2, 0) is 5.41 Å². The van der Waals surface area contributed by atoms with E-state index in [1.165, 1.54) is 101 Å². The summed E-state index contributed by atoms with van der Waals surface area (Å²) in [6.45, 7) is 2.26. The standard InChI is InChI=1S/C50H33N/c1-32-29-35(33-13-4-2-5-14-33)23-27-47(32)51-37-25-26-40-38-17-8-10-21-44(38)50(46(40)31-37)45-22-11-9-18-39(45)41-19-12-20-42(49(41)50)43-30-36(24-28-48(43)51)34-15-6-3-7-16-34/h2-31H,1H3. The first kappa shape index (κ1) is 28.4. The van der Waals surface area contributed by atoms with Crippen molar-refractivity contribution in [3.8, 4) is 55.6 Å². The molecule has 238 valence electrons. The van der Waals surface area contributed by atoms with Crippen LogP contribution < -0.4 is 4.90 Å². The van der Waals surface area contributed by atoms with E-state index in [0.29, 0.717) is 0 Å². The van der Waals surface area contributed by atoms with Gasteiger partial charge in [-0.3, -0.25) is 0 Å². The molecule has 51 heavy (non-hydrogen) atoms. The Kier molecular flexibility index (Phi) is 5.86. The molecule has 0 amide bonds. The van der Waals surface area contributed by atoms with Gasteiger partial charge in [0.1, 0.15) is 0 Å². The quantitative estimate of drug-likeness (QED) is 0.184. The van der Waals surface area contributed by atoms with Crippen LogP contribution in [0, 0.1) is 6.92 Å². The second-order valence-corrected chi connectivity index (χ2v) is 14.1. The molecule has 1 atom stereocenters. The van der Waals surface area contributed by atoms with E-state index in [1.54, 1.807) is 0 Å². The highest BCUT2D eigenvalue weighted by Crippen LogP contribution is 2.66. The van der Waals surface area contributed by atoms with E-state index in [-0.39, 0.29) is 0 Å². The summed E-state index contributed by atoms with van der Waals surface area (Å²) in [6, 6.07) is 68.0. The Hall–Kier alpha value is -6.44. The lowest BCUT2D eigenvalue weighted by Crippen LogP contribution is -2.26. The maximum Gasteiger partial charge on any atom is 0.0732 e. The van der Waals surface area contributed by atoms with Crippen LogP contribution in [0.3, 0.4) is 0 Å². The summed E-state index contributed by atoms with van der Waals surface area (Å²) >= 11 is 0. The van der Waals surface area contributed by atoms with Gasteiger partial charge < -0.3 is 4.90 Å². The SMILES string of the molecule is Cc1cc(-c2ccccc2)ccc1N1c2ccc3c(c2)C2(c4ccccc4-3)c3ccccc3-c3cccc(c32)-c2cc(-c3ccccc3)ccc21. The second-order valence-electron chi connectivity index (χ2n) is 14.1. The smallest absolute Gasteiger partial charge is 0.0732 e. The van der Waals surface area contributed by atoms with Crippen LogP contribution in [0.2, 0.25) is 0 Å². The molecule has 11 rings (SSSR count). The minimum atomic E-state index is -0.438. The van der Waals surface area contributed by atoms with Gasteiger partial charge in [-0.2, -0.15) is 0 Å². The molecule has 8 aromatic rings. The van der Waals surface area contributed by atoms with Gasteiger partial charge >= 0.3 is 0 Å². The molecule has 1 unspecified atom stereocenters. The molecule has 2 bridgehead atoms. The number of aryl methyl sites for hydroxylation is 1. The predicted octanol–water partition coefficient (Wildman–Crippen LogP) is 13.1. The number of rotatable bonds is 3. The maximum absolute atomic E-state index is 2.51. The number of benzene rings is 8. The topological polar surface area (TPSA) is 3.24 Å². The van der Waals surface area contributed by atoms with Crippen molar-refractivity contribution >= 4 is 17.1 Å². The molecule has 0 N–H and O–H groups in total. The first-order valence-electron chi connectivity index (χ1n) is 17.9. The Morgan fingerprint density at radius 1 is 0.353 bits per heavy atom. The summed E-state index contributed by atoms with van der Waals surface area (Å²) in [7, 11) is 0. The van der Waals surface area contributed by atoms with E-state index in [9.17, 15) is 0 Å². The van der Waals surface area contributed by atoms with Gasteiger partial charge in [0, 0.05) is 16.9 Å². The van der Waals surface area contributed by atoms with Crippen molar-refractivity contribution in [1.82, 2.24) is 0 Å². The minimum Gasteiger partial charge on any atom is -0.310 e. The third-order valence-electron chi connectivity index (χ3n) is 11.5. The number of anilines is 3. The molecule has 0 radical (unpaired) electrons. The van der Waals surface area contributed by atoms with Crippen molar-refractivity contribution in [2.45, 2.75) is 12.3 Å². The Morgan fingerprint density at radius 2 is 0.882 bits per heavy atom. The first-order chi connectivity index (χ1) is 25.2. The van der Waals surface area contributed by atoms with E-state index < -0.39 is 5.41 Å². The summed E-state index contributed by atoms with van der Waals surface area (Å²) in [6.07, 6.45) is 0. The monoisotopic (exact) mass is 647 g/mol. The highest BCUT2D eigenvalue weighted by molar-refractivity contribution is 6.03. The lowest BCUT2D eigenvalue weighted by Gasteiger charge is -2.32. The Labute approximate surface area is 298 Å². The Bertz CT molecular complexity index is 2690. The van der Waals surface area contributed by atoms with Gasteiger partial charge in [-0.05, 0) is 121 Å². The molecule has 1 aliphatic heterocycles. The highest BCUT2D eigenvalue weighted by Gasteiger charge is 2.53. The van der Waals surface area contributed by atoms with Crippen LogP contribution in [0.4, 0.5) is 17.1 Å². The zero-order chi connectivity index (χ0) is 33.7. The van der Waals surface area contributed by atoms with E-state index in [2.05, 4.69) is 194 Å². The van der Waals surface area contributed by atoms with Crippen molar-refractivity contribution in [3.63, 3.8) is 0 Å². The summed E-state index contributed by atoms with van der Waals surface area (Å²) in [5.74, 6) is 0. The molecule has 2 aliphatic carbocycles. The molecule has 3 aliphatic rings. The van der Waals surface area contributed by atoms with Crippen LogP contribution in [0.1, 0.15) is 27.8 Å². The average Bonchev–Trinajstić information content (AvgIpc) is 3.67. The summed E-state index contributed by atoms with van der Waals surface area (Å²) in [5.41, 5.74) is 22.5. The molecule has 0 saturated carbocycles. The zero-order valence-electron chi connectivity index (χ0n) is 28.3. The minimum absolute atomic E-state index is 0.438. The van der Waals surface area contributed by atoms with Crippen molar-refractivity contribution in [2.24, 2.45) is 0 Å². The van der Waals surface area contributed by atoms with Gasteiger partial charge in [0.2, 0.25) is 0 Å². The van der Waals surface area contributed by atoms with Gasteiger partial charge in [-0.15, -0.1) is 0 Å². The molecule has 0 fully saturated rings. The number of hydrogen-bond acceptors (Lipinski definition) is 1. The molecule has 8 aromatic carbocycles. The third-order valence-corrected chi connectivity index (χ3v) is 11.5. The number of nitrogens with zero attached hydrogens (tertiary/aromatic N) is 1. The largest absolute Gasteiger partial charge is 0.310 e. The van der Waals surface area contributed by atoms with Crippen LogP contribution in [0.15, 0.2) is 182 Å². The Balaban J connectivity index is 1.28. The molecule has 1 heteroatoms. The number of fused-ring (bicyclic) bond motifs is 7. The van der Waals surface area contributed by atoms with Crippen molar-refractivity contribution < 1.29 is 0 Å². The summed E-state index contributed by atoms with van der Waals surface area (Å²) in [4.78, 5) is 2.51. The lowest BCUT2D eigenvalue weighted by molar-refractivity contribution is 0.796. The first-order valence-corrected chi connectivity index (χ1v) is 17.9. The lowest BCUT2D eigenvalue weighted by atomic mass is 9.68. The van der Waals surface area contributed by atoms with E-state index in [1.807, 2.05) is 0 Å². The fourth-order valence-electron chi connectivity index (χ4n) is 9.43. The van der Waals surface area contributed by atoms with Gasteiger partial charge in [0.05, 0.1) is 11.1 Å². The molecule has 0 saturated heterocycles. The van der Waals surface area contributed by atoms with Crippen molar-refractivity contribution in [3.05, 3.63) is 210 Å². The fraction of sp³-hybridized carbons (Fsp3) is 0.0400. The molecule has 0 aromatic heterocycles. The number of hydrogen-bond donors (Lipinski definition) is 0. The highest BCUT2D eigenvalue weighted by atomic mass is 15.1. The van der Waals surface area contributed by atoms with Crippen LogP contribution in [0.25, 0.3) is 55.6 Å². The predicted molar refractivity (Wildman–Crippen MR) is 212 cm³/mol. The van der Waals surface area contributed by atoms with Crippen LogP contribution in [-0.4, -0.2) is 0 Å². The van der Waals surface area contributed by atoms with Crippen LogP contribution in [0.5, 0.6) is 0 Å². The molecule has 1 heterocycles. The average molecular weight is 648 g/mol.